The molecule has 1 amide bonds. The Morgan fingerprint density at radius 2 is 2.12 bits per heavy atom. The number of rotatable bonds is 5. The summed E-state index contributed by atoms with van der Waals surface area (Å²) < 4.78 is 0. The highest BCUT2D eigenvalue weighted by Crippen LogP contribution is 2.23. The Bertz CT molecular complexity index is 218. The maximum atomic E-state index is 11.8. The summed E-state index contributed by atoms with van der Waals surface area (Å²) in [6.45, 7) is 4.34. The van der Waals surface area contributed by atoms with Crippen LogP contribution in [0.15, 0.2) is 0 Å². The quantitative estimate of drug-likeness (QED) is 0.755. The third-order valence-corrected chi connectivity index (χ3v) is 3.64. The van der Waals surface area contributed by atoms with Gasteiger partial charge in [-0.1, -0.05) is 39.5 Å². The zero-order valence-corrected chi connectivity index (χ0v) is 10.7. The van der Waals surface area contributed by atoms with Crippen molar-refractivity contribution in [3.63, 3.8) is 0 Å². The highest BCUT2D eigenvalue weighted by atomic mass is 16.2. The van der Waals surface area contributed by atoms with Crippen LogP contribution >= 0.6 is 0 Å². The molecule has 0 aromatic rings. The zero-order chi connectivity index (χ0) is 12.0. The molecule has 0 heterocycles. The van der Waals surface area contributed by atoms with Crippen molar-refractivity contribution in [2.45, 2.75) is 70.9 Å². The molecule has 0 saturated heterocycles. The van der Waals surface area contributed by atoms with Gasteiger partial charge in [-0.25, -0.2) is 0 Å². The summed E-state index contributed by atoms with van der Waals surface area (Å²) in [6, 6.07) is 0.0444. The van der Waals surface area contributed by atoms with Gasteiger partial charge in [0.15, 0.2) is 0 Å². The molecule has 3 atom stereocenters. The SMILES string of the molecule is CCCCC(N)C(=O)NC1CCCCC1C. The molecule has 1 saturated carbocycles. The lowest BCUT2D eigenvalue weighted by Gasteiger charge is -2.30. The first-order valence-electron chi connectivity index (χ1n) is 6.71. The van der Waals surface area contributed by atoms with Crippen LogP contribution in [0.3, 0.4) is 0 Å². The maximum absolute atomic E-state index is 11.8. The van der Waals surface area contributed by atoms with Gasteiger partial charge in [-0.05, 0) is 25.2 Å². The normalized spacial score (nSPS) is 27.4. The van der Waals surface area contributed by atoms with Crippen LogP contribution in [0.5, 0.6) is 0 Å². The van der Waals surface area contributed by atoms with E-state index in [2.05, 4.69) is 19.2 Å². The Labute approximate surface area is 99.2 Å². The van der Waals surface area contributed by atoms with Crippen LogP contribution in [0.4, 0.5) is 0 Å². The minimum absolute atomic E-state index is 0.0483. The smallest absolute Gasteiger partial charge is 0.237 e. The van der Waals surface area contributed by atoms with E-state index in [-0.39, 0.29) is 11.9 Å². The third-order valence-electron chi connectivity index (χ3n) is 3.64. The van der Waals surface area contributed by atoms with Gasteiger partial charge in [0, 0.05) is 6.04 Å². The van der Waals surface area contributed by atoms with E-state index in [9.17, 15) is 4.79 Å². The van der Waals surface area contributed by atoms with Gasteiger partial charge in [0.1, 0.15) is 0 Å². The second-order valence-corrected chi connectivity index (χ2v) is 5.13. The highest BCUT2D eigenvalue weighted by Gasteiger charge is 2.24. The molecule has 0 aromatic carbocycles. The van der Waals surface area contributed by atoms with Crippen molar-refractivity contribution in [3.8, 4) is 0 Å². The highest BCUT2D eigenvalue weighted by molar-refractivity contribution is 5.81. The van der Waals surface area contributed by atoms with Gasteiger partial charge < -0.3 is 11.1 Å². The minimum Gasteiger partial charge on any atom is -0.352 e. The summed E-state index contributed by atoms with van der Waals surface area (Å²) in [7, 11) is 0. The minimum atomic E-state index is -0.311. The predicted octanol–water partition coefficient (Wildman–Crippen LogP) is 2.20. The van der Waals surface area contributed by atoms with Gasteiger partial charge in [0.25, 0.3) is 0 Å². The predicted molar refractivity (Wildman–Crippen MR) is 67.1 cm³/mol. The van der Waals surface area contributed by atoms with E-state index in [0.717, 1.165) is 25.7 Å². The standard InChI is InChI=1S/C13H26N2O/c1-3-4-8-11(14)13(16)15-12-9-6-5-7-10(12)2/h10-12H,3-9,14H2,1-2H3,(H,15,16). The molecule has 0 aromatic heterocycles. The Hall–Kier alpha value is -0.570. The molecule has 0 spiro atoms. The van der Waals surface area contributed by atoms with Crippen LogP contribution in [0, 0.1) is 5.92 Å². The van der Waals surface area contributed by atoms with Crippen LogP contribution in [-0.2, 0) is 4.79 Å². The van der Waals surface area contributed by atoms with Crippen molar-refractivity contribution in [3.05, 3.63) is 0 Å². The van der Waals surface area contributed by atoms with E-state index in [0.29, 0.717) is 12.0 Å². The largest absolute Gasteiger partial charge is 0.352 e. The number of unbranched alkanes of at least 4 members (excludes halogenated alkanes) is 1. The number of nitrogens with one attached hydrogen (secondary N) is 1. The molecule has 94 valence electrons. The molecule has 1 aliphatic rings. The molecule has 0 aliphatic heterocycles. The van der Waals surface area contributed by atoms with Gasteiger partial charge in [0.2, 0.25) is 5.91 Å². The Morgan fingerprint density at radius 1 is 1.44 bits per heavy atom. The van der Waals surface area contributed by atoms with Gasteiger partial charge in [0.05, 0.1) is 6.04 Å². The van der Waals surface area contributed by atoms with Gasteiger partial charge in [-0.3, -0.25) is 4.79 Å². The van der Waals surface area contributed by atoms with E-state index >= 15 is 0 Å². The summed E-state index contributed by atoms with van der Waals surface area (Å²) in [5.74, 6) is 0.656. The van der Waals surface area contributed by atoms with Crippen molar-refractivity contribution in [2.75, 3.05) is 0 Å². The Balaban J connectivity index is 2.31. The van der Waals surface area contributed by atoms with E-state index in [1.165, 1.54) is 19.3 Å². The molecule has 1 fully saturated rings. The lowest BCUT2D eigenvalue weighted by Crippen LogP contribution is -2.48. The second kappa shape index (κ2) is 6.89. The molecular weight excluding hydrogens is 200 g/mol. The Morgan fingerprint density at radius 3 is 2.75 bits per heavy atom. The Kier molecular flexibility index (Phi) is 5.81. The number of hydrogen-bond donors (Lipinski definition) is 2. The number of carbonyl (C=O) groups is 1. The van der Waals surface area contributed by atoms with E-state index < -0.39 is 0 Å². The van der Waals surface area contributed by atoms with Gasteiger partial charge in [-0.2, -0.15) is 0 Å². The lowest BCUT2D eigenvalue weighted by atomic mass is 9.86. The maximum Gasteiger partial charge on any atom is 0.237 e. The average molecular weight is 226 g/mol. The molecular formula is C13H26N2O. The van der Waals surface area contributed by atoms with E-state index in [1.807, 2.05) is 0 Å². The van der Waals surface area contributed by atoms with E-state index in [4.69, 9.17) is 5.73 Å². The van der Waals surface area contributed by atoms with E-state index in [1.54, 1.807) is 0 Å². The molecule has 0 radical (unpaired) electrons. The monoisotopic (exact) mass is 226 g/mol. The fraction of sp³-hybridized carbons (Fsp3) is 0.923. The summed E-state index contributed by atoms with van der Waals surface area (Å²) in [5, 5.41) is 3.11. The molecule has 0 bridgehead atoms. The van der Waals surface area contributed by atoms with Gasteiger partial charge in [-0.15, -0.1) is 0 Å². The van der Waals surface area contributed by atoms with Crippen molar-refractivity contribution < 1.29 is 4.79 Å². The molecule has 3 nitrogen and oxygen atoms in total. The summed E-state index contributed by atoms with van der Waals surface area (Å²) >= 11 is 0. The first kappa shape index (κ1) is 13.5. The lowest BCUT2D eigenvalue weighted by molar-refractivity contribution is -0.123. The van der Waals surface area contributed by atoms with Crippen LogP contribution < -0.4 is 11.1 Å². The fourth-order valence-electron chi connectivity index (χ4n) is 2.38. The molecule has 1 aliphatic carbocycles. The fourth-order valence-corrected chi connectivity index (χ4v) is 2.38. The van der Waals surface area contributed by atoms with Crippen LogP contribution in [0.25, 0.3) is 0 Å². The molecule has 3 N–H and O–H groups in total. The van der Waals surface area contributed by atoms with Crippen molar-refractivity contribution in [1.29, 1.82) is 0 Å². The summed E-state index contributed by atoms with van der Waals surface area (Å²) in [4.78, 5) is 11.8. The summed E-state index contributed by atoms with van der Waals surface area (Å²) in [6.07, 6.45) is 7.83. The first-order valence-corrected chi connectivity index (χ1v) is 6.71. The number of hydrogen-bond acceptors (Lipinski definition) is 2. The third kappa shape index (κ3) is 4.12. The molecule has 16 heavy (non-hydrogen) atoms. The van der Waals surface area contributed by atoms with Crippen LogP contribution in [0.1, 0.15) is 58.8 Å². The molecule has 1 rings (SSSR count). The second-order valence-electron chi connectivity index (χ2n) is 5.13. The van der Waals surface area contributed by atoms with Crippen molar-refractivity contribution in [2.24, 2.45) is 11.7 Å². The topological polar surface area (TPSA) is 55.1 Å². The van der Waals surface area contributed by atoms with Crippen LogP contribution in [0.2, 0.25) is 0 Å². The van der Waals surface area contributed by atoms with Crippen molar-refractivity contribution in [1.82, 2.24) is 5.32 Å². The van der Waals surface area contributed by atoms with Gasteiger partial charge >= 0.3 is 0 Å². The molecule has 3 heteroatoms. The number of amides is 1. The summed E-state index contributed by atoms with van der Waals surface area (Å²) in [5.41, 5.74) is 5.85. The number of nitrogens with two attached hydrogens (primary N) is 1. The van der Waals surface area contributed by atoms with Crippen molar-refractivity contribution >= 4 is 5.91 Å². The van der Waals surface area contributed by atoms with Crippen LogP contribution in [-0.4, -0.2) is 18.0 Å². The number of carbonyl (C=O) groups excluding carboxylic acids is 1. The average Bonchev–Trinajstić information content (AvgIpc) is 2.28. The molecule has 3 unspecified atom stereocenters. The zero-order valence-electron chi connectivity index (χ0n) is 10.7. The first-order chi connectivity index (χ1) is 7.65.